The molecule has 1 atom stereocenters. The van der Waals surface area contributed by atoms with Crippen LogP contribution < -0.4 is 5.32 Å². The molecule has 1 N–H and O–H groups in total. The quantitative estimate of drug-likeness (QED) is 0.878. The number of nitrogens with zero attached hydrogens (tertiary/aromatic N) is 2. The minimum Gasteiger partial charge on any atom is -0.306 e. The minimum absolute atomic E-state index is 0.186. The lowest BCUT2D eigenvalue weighted by Gasteiger charge is -2.18. The second kappa shape index (κ2) is 6.87. The summed E-state index contributed by atoms with van der Waals surface area (Å²) in [5.74, 6) is 0. The summed E-state index contributed by atoms with van der Waals surface area (Å²) in [6, 6.07) is 8.52. The van der Waals surface area contributed by atoms with Gasteiger partial charge in [0.1, 0.15) is 0 Å². The van der Waals surface area contributed by atoms with Crippen molar-refractivity contribution < 1.29 is 0 Å². The van der Waals surface area contributed by atoms with Gasteiger partial charge < -0.3 is 5.32 Å². The van der Waals surface area contributed by atoms with Gasteiger partial charge in [-0.1, -0.05) is 48.0 Å². The van der Waals surface area contributed by atoms with Gasteiger partial charge in [-0.2, -0.15) is 5.10 Å². The van der Waals surface area contributed by atoms with Crippen LogP contribution in [0.25, 0.3) is 0 Å². The fourth-order valence-electron chi connectivity index (χ4n) is 2.20. The molecule has 102 valence electrons. The van der Waals surface area contributed by atoms with Gasteiger partial charge in [0.15, 0.2) is 0 Å². The number of nitrogens with one attached hydrogen (secondary N) is 1. The average Bonchev–Trinajstić information content (AvgIpc) is 2.86. The molecule has 0 radical (unpaired) electrons. The van der Waals surface area contributed by atoms with Crippen LogP contribution in [0.2, 0.25) is 0 Å². The molecule has 0 fully saturated rings. The molecule has 0 aliphatic rings. The van der Waals surface area contributed by atoms with E-state index in [2.05, 4.69) is 64.6 Å². The van der Waals surface area contributed by atoms with Crippen LogP contribution in [0.1, 0.15) is 37.4 Å². The van der Waals surface area contributed by atoms with Crippen molar-refractivity contribution in [3.8, 4) is 0 Å². The third kappa shape index (κ3) is 3.45. The molecule has 0 amide bonds. The summed E-state index contributed by atoms with van der Waals surface area (Å²) in [4.78, 5) is 0. The third-order valence-corrected chi connectivity index (χ3v) is 3.79. The van der Waals surface area contributed by atoms with Gasteiger partial charge in [-0.25, -0.2) is 0 Å². The smallest absolute Gasteiger partial charge is 0.0618 e. The molecule has 0 saturated heterocycles. The van der Waals surface area contributed by atoms with E-state index in [1.54, 1.807) is 0 Å². The van der Waals surface area contributed by atoms with Crippen molar-refractivity contribution in [2.75, 3.05) is 6.54 Å². The highest BCUT2D eigenvalue weighted by atomic mass is 79.9. The first-order valence-corrected chi connectivity index (χ1v) is 7.55. The van der Waals surface area contributed by atoms with Crippen LogP contribution in [0.15, 0.2) is 41.1 Å². The molecule has 0 saturated carbocycles. The number of rotatable bonds is 6. The molecule has 0 spiro atoms. The van der Waals surface area contributed by atoms with Gasteiger partial charge in [-0.15, -0.1) is 0 Å². The van der Waals surface area contributed by atoms with Gasteiger partial charge in [0.25, 0.3) is 0 Å². The Balaban J connectivity index is 2.31. The highest BCUT2D eigenvalue weighted by Crippen LogP contribution is 2.28. The predicted octanol–water partition coefficient (Wildman–Crippen LogP) is 3.75. The highest BCUT2D eigenvalue weighted by Gasteiger charge is 2.17. The van der Waals surface area contributed by atoms with Crippen LogP contribution in [0.4, 0.5) is 0 Å². The maximum atomic E-state index is 4.43. The Hall–Kier alpha value is -1.13. The monoisotopic (exact) mass is 321 g/mol. The van der Waals surface area contributed by atoms with E-state index >= 15 is 0 Å². The van der Waals surface area contributed by atoms with Crippen molar-refractivity contribution in [1.29, 1.82) is 0 Å². The zero-order valence-electron chi connectivity index (χ0n) is 11.4. The zero-order chi connectivity index (χ0) is 13.7. The molecule has 3 nitrogen and oxygen atoms in total. The van der Waals surface area contributed by atoms with E-state index in [1.807, 2.05) is 16.9 Å². The summed E-state index contributed by atoms with van der Waals surface area (Å²) < 4.78 is 3.14. The van der Waals surface area contributed by atoms with Gasteiger partial charge in [0.2, 0.25) is 0 Å². The van der Waals surface area contributed by atoms with Crippen LogP contribution in [-0.4, -0.2) is 16.3 Å². The Morgan fingerprint density at radius 1 is 1.32 bits per heavy atom. The van der Waals surface area contributed by atoms with Crippen molar-refractivity contribution >= 4 is 15.9 Å². The maximum absolute atomic E-state index is 4.43. The van der Waals surface area contributed by atoms with E-state index in [4.69, 9.17) is 0 Å². The highest BCUT2D eigenvalue weighted by molar-refractivity contribution is 9.10. The number of aromatic nitrogens is 2. The van der Waals surface area contributed by atoms with Gasteiger partial charge in [-0.05, 0) is 24.6 Å². The summed E-state index contributed by atoms with van der Waals surface area (Å²) in [5.41, 5.74) is 2.46. The minimum atomic E-state index is 0.186. The van der Waals surface area contributed by atoms with E-state index in [0.717, 1.165) is 24.0 Å². The van der Waals surface area contributed by atoms with Crippen LogP contribution in [0, 0.1) is 0 Å². The first-order valence-electron chi connectivity index (χ1n) is 6.76. The Kier molecular flexibility index (Phi) is 5.16. The molecular formula is C15H20BrN3. The number of aryl methyl sites for hydroxylation is 1. The third-order valence-electron chi connectivity index (χ3n) is 3.06. The molecule has 2 rings (SSSR count). The molecule has 0 aliphatic heterocycles. The Morgan fingerprint density at radius 3 is 2.79 bits per heavy atom. The fraction of sp³-hybridized carbons (Fsp3) is 0.400. The van der Waals surface area contributed by atoms with Crippen molar-refractivity contribution in [2.45, 2.75) is 32.9 Å². The van der Waals surface area contributed by atoms with Crippen molar-refractivity contribution in [3.05, 3.63) is 52.3 Å². The lowest BCUT2D eigenvalue weighted by Crippen LogP contribution is -2.22. The molecular weight excluding hydrogens is 302 g/mol. The lowest BCUT2D eigenvalue weighted by molar-refractivity contribution is 0.597. The fourth-order valence-corrected chi connectivity index (χ4v) is 2.71. The Labute approximate surface area is 123 Å². The van der Waals surface area contributed by atoms with Gasteiger partial charge in [-0.3, -0.25) is 4.68 Å². The van der Waals surface area contributed by atoms with Gasteiger partial charge >= 0.3 is 0 Å². The van der Waals surface area contributed by atoms with Crippen LogP contribution in [0.3, 0.4) is 0 Å². The number of hydrogen-bond acceptors (Lipinski definition) is 2. The number of hydrogen-bond donors (Lipinski definition) is 1. The largest absolute Gasteiger partial charge is 0.306 e. The number of benzene rings is 1. The number of halogens is 1. The summed E-state index contributed by atoms with van der Waals surface area (Å²) in [6.45, 7) is 6.18. The van der Waals surface area contributed by atoms with E-state index < -0.39 is 0 Å². The SMILES string of the molecule is CCCn1cc(C(NCC)c2ccccc2Br)cn1. The van der Waals surface area contributed by atoms with Gasteiger partial charge in [0.05, 0.1) is 12.2 Å². The van der Waals surface area contributed by atoms with Crippen molar-refractivity contribution in [1.82, 2.24) is 15.1 Å². The second-order valence-corrected chi connectivity index (χ2v) is 5.40. The Bertz CT molecular complexity index is 522. The summed E-state index contributed by atoms with van der Waals surface area (Å²) in [6.07, 6.45) is 5.20. The maximum Gasteiger partial charge on any atom is 0.0618 e. The lowest BCUT2D eigenvalue weighted by atomic mass is 10.0. The van der Waals surface area contributed by atoms with E-state index in [-0.39, 0.29) is 6.04 Å². The van der Waals surface area contributed by atoms with Crippen LogP contribution in [-0.2, 0) is 6.54 Å². The van der Waals surface area contributed by atoms with Crippen molar-refractivity contribution in [3.63, 3.8) is 0 Å². The van der Waals surface area contributed by atoms with Crippen LogP contribution >= 0.6 is 15.9 Å². The van der Waals surface area contributed by atoms with E-state index in [1.165, 1.54) is 11.1 Å². The predicted molar refractivity (Wildman–Crippen MR) is 82.2 cm³/mol. The standard InChI is InChI=1S/C15H20BrN3/c1-3-9-19-11-12(10-18-19)15(17-4-2)13-7-5-6-8-14(13)16/h5-8,10-11,15,17H,3-4,9H2,1-2H3. The molecule has 19 heavy (non-hydrogen) atoms. The molecule has 1 aromatic carbocycles. The van der Waals surface area contributed by atoms with E-state index in [0.29, 0.717) is 0 Å². The molecule has 4 heteroatoms. The first-order chi connectivity index (χ1) is 9.26. The Morgan fingerprint density at radius 2 is 2.11 bits per heavy atom. The summed E-state index contributed by atoms with van der Waals surface area (Å²) in [5, 5.41) is 7.95. The molecule has 0 bridgehead atoms. The average molecular weight is 322 g/mol. The zero-order valence-corrected chi connectivity index (χ0v) is 13.0. The van der Waals surface area contributed by atoms with E-state index in [9.17, 15) is 0 Å². The molecule has 1 heterocycles. The normalized spacial score (nSPS) is 12.6. The molecule has 1 aromatic heterocycles. The summed E-state index contributed by atoms with van der Waals surface area (Å²) in [7, 11) is 0. The topological polar surface area (TPSA) is 29.9 Å². The summed E-state index contributed by atoms with van der Waals surface area (Å²) >= 11 is 3.63. The molecule has 1 unspecified atom stereocenters. The van der Waals surface area contributed by atoms with Crippen molar-refractivity contribution in [2.24, 2.45) is 0 Å². The molecule has 0 aliphatic carbocycles. The first kappa shape index (κ1) is 14.3. The molecule has 2 aromatic rings. The van der Waals surface area contributed by atoms with Gasteiger partial charge in [0, 0.05) is 22.8 Å². The van der Waals surface area contributed by atoms with Crippen LogP contribution in [0.5, 0.6) is 0 Å². The second-order valence-electron chi connectivity index (χ2n) is 4.55.